The quantitative estimate of drug-likeness (QED) is 0.559. The van der Waals surface area contributed by atoms with Gasteiger partial charge in [0.1, 0.15) is 5.69 Å². The van der Waals surface area contributed by atoms with E-state index in [0.717, 1.165) is 22.3 Å². The van der Waals surface area contributed by atoms with Gasteiger partial charge in [-0.25, -0.2) is 9.67 Å². The SMILES string of the molecule is CC(C)n1nccc1-c1nc(CC(N)=O)nn1-c1ccnc2cc(Cl)ccc12. The number of halogens is 1. The Labute approximate surface area is 166 Å². The maximum Gasteiger partial charge on any atom is 0.225 e. The average molecular weight is 396 g/mol. The van der Waals surface area contributed by atoms with E-state index >= 15 is 0 Å². The van der Waals surface area contributed by atoms with Crippen molar-refractivity contribution in [2.24, 2.45) is 5.73 Å². The first-order valence-corrected chi connectivity index (χ1v) is 9.14. The molecule has 0 saturated heterocycles. The molecule has 28 heavy (non-hydrogen) atoms. The third-order valence-electron chi connectivity index (χ3n) is 4.28. The van der Waals surface area contributed by atoms with Crippen molar-refractivity contribution in [3.8, 4) is 17.2 Å². The van der Waals surface area contributed by atoms with Crippen LogP contribution in [0, 0.1) is 0 Å². The Morgan fingerprint density at radius 3 is 2.79 bits per heavy atom. The smallest absolute Gasteiger partial charge is 0.225 e. The summed E-state index contributed by atoms with van der Waals surface area (Å²) >= 11 is 6.11. The maximum atomic E-state index is 11.4. The molecule has 142 valence electrons. The summed E-state index contributed by atoms with van der Waals surface area (Å²) in [6.07, 6.45) is 3.35. The number of rotatable bonds is 5. The first-order chi connectivity index (χ1) is 13.4. The molecule has 1 amide bonds. The van der Waals surface area contributed by atoms with Crippen LogP contribution in [0.15, 0.2) is 42.7 Å². The molecular weight excluding hydrogens is 378 g/mol. The van der Waals surface area contributed by atoms with Crippen LogP contribution >= 0.6 is 11.6 Å². The normalized spacial score (nSPS) is 11.4. The molecule has 0 spiro atoms. The molecule has 4 aromatic rings. The van der Waals surface area contributed by atoms with E-state index in [1.165, 1.54) is 0 Å². The number of benzene rings is 1. The largest absolute Gasteiger partial charge is 0.369 e. The van der Waals surface area contributed by atoms with Crippen molar-refractivity contribution in [1.29, 1.82) is 0 Å². The van der Waals surface area contributed by atoms with Gasteiger partial charge in [0.05, 0.1) is 17.6 Å². The summed E-state index contributed by atoms with van der Waals surface area (Å²) in [7, 11) is 0. The number of amides is 1. The Morgan fingerprint density at radius 2 is 2.04 bits per heavy atom. The Kier molecular flexibility index (Phi) is 4.56. The molecule has 0 saturated carbocycles. The summed E-state index contributed by atoms with van der Waals surface area (Å²) in [5.41, 5.74) is 7.66. The summed E-state index contributed by atoms with van der Waals surface area (Å²) in [6, 6.07) is 9.32. The molecule has 0 aliphatic heterocycles. The lowest BCUT2D eigenvalue weighted by Gasteiger charge is -2.12. The Morgan fingerprint density at radius 1 is 1.21 bits per heavy atom. The molecule has 9 heteroatoms. The van der Waals surface area contributed by atoms with Gasteiger partial charge in [0, 0.05) is 28.8 Å². The molecule has 0 fully saturated rings. The second-order valence-corrected chi connectivity index (χ2v) is 7.09. The molecule has 3 aromatic heterocycles. The molecule has 4 rings (SSSR count). The molecule has 0 aliphatic carbocycles. The average Bonchev–Trinajstić information content (AvgIpc) is 3.27. The Hall–Kier alpha value is -3.26. The lowest BCUT2D eigenvalue weighted by molar-refractivity contribution is -0.117. The van der Waals surface area contributed by atoms with Gasteiger partial charge in [0.15, 0.2) is 11.6 Å². The fraction of sp³-hybridized carbons (Fsp3) is 0.211. The number of nitrogens with two attached hydrogens (primary N) is 1. The molecule has 0 radical (unpaired) electrons. The van der Waals surface area contributed by atoms with Crippen LogP contribution < -0.4 is 5.73 Å². The van der Waals surface area contributed by atoms with Crippen molar-refractivity contribution in [2.45, 2.75) is 26.3 Å². The van der Waals surface area contributed by atoms with Crippen molar-refractivity contribution in [1.82, 2.24) is 29.5 Å². The topological polar surface area (TPSA) is 105 Å². The predicted octanol–water partition coefficient (Wildman–Crippen LogP) is 2.94. The second kappa shape index (κ2) is 7.05. The van der Waals surface area contributed by atoms with Gasteiger partial charge in [0.25, 0.3) is 0 Å². The number of pyridine rings is 1. The van der Waals surface area contributed by atoms with Gasteiger partial charge in [-0.1, -0.05) is 11.6 Å². The zero-order chi connectivity index (χ0) is 19.8. The van der Waals surface area contributed by atoms with Gasteiger partial charge >= 0.3 is 0 Å². The lowest BCUT2D eigenvalue weighted by atomic mass is 10.2. The van der Waals surface area contributed by atoms with Crippen LogP contribution in [0.4, 0.5) is 0 Å². The number of nitrogens with zero attached hydrogens (tertiary/aromatic N) is 6. The van der Waals surface area contributed by atoms with Crippen molar-refractivity contribution in [2.75, 3.05) is 0 Å². The van der Waals surface area contributed by atoms with E-state index in [0.29, 0.717) is 16.7 Å². The monoisotopic (exact) mass is 395 g/mol. The number of carbonyl (C=O) groups is 1. The molecule has 0 aliphatic rings. The summed E-state index contributed by atoms with van der Waals surface area (Å²) in [6.45, 7) is 4.07. The highest BCUT2D eigenvalue weighted by atomic mass is 35.5. The van der Waals surface area contributed by atoms with Crippen molar-refractivity contribution >= 4 is 28.4 Å². The highest BCUT2D eigenvalue weighted by molar-refractivity contribution is 6.31. The van der Waals surface area contributed by atoms with E-state index in [2.05, 4.69) is 20.2 Å². The molecule has 3 heterocycles. The van der Waals surface area contributed by atoms with Crippen LogP contribution in [0.5, 0.6) is 0 Å². The zero-order valence-corrected chi connectivity index (χ0v) is 16.1. The number of fused-ring (bicyclic) bond motifs is 1. The number of aromatic nitrogens is 6. The highest BCUT2D eigenvalue weighted by Gasteiger charge is 2.20. The van der Waals surface area contributed by atoms with Gasteiger partial charge in [-0.15, -0.1) is 0 Å². The van der Waals surface area contributed by atoms with E-state index in [1.807, 2.05) is 36.7 Å². The van der Waals surface area contributed by atoms with Gasteiger partial charge in [-0.2, -0.15) is 10.2 Å². The zero-order valence-electron chi connectivity index (χ0n) is 15.4. The van der Waals surface area contributed by atoms with Crippen molar-refractivity contribution in [3.05, 3.63) is 53.6 Å². The molecule has 0 atom stereocenters. The Bertz CT molecular complexity index is 1180. The first kappa shape index (κ1) is 18.1. The van der Waals surface area contributed by atoms with Crippen LogP contribution in [-0.2, 0) is 11.2 Å². The predicted molar refractivity (Wildman–Crippen MR) is 106 cm³/mol. The fourth-order valence-corrected chi connectivity index (χ4v) is 3.28. The van der Waals surface area contributed by atoms with E-state index in [-0.39, 0.29) is 12.5 Å². The number of primary amides is 1. The minimum atomic E-state index is -0.493. The molecule has 0 bridgehead atoms. The van der Waals surface area contributed by atoms with Crippen molar-refractivity contribution < 1.29 is 4.79 Å². The summed E-state index contributed by atoms with van der Waals surface area (Å²) in [5.74, 6) is 0.426. The van der Waals surface area contributed by atoms with E-state index in [9.17, 15) is 4.79 Å². The standard InChI is InChI=1S/C19H18ClN7O/c1-11(2)26-16(6-8-23-26)19-24-18(10-17(21)28)25-27(19)15-5-7-22-14-9-12(20)3-4-13(14)15/h3-9,11H,10H2,1-2H3,(H2,21,28). The number of hydrogen-bond acceptors (Lipinski definition) is 5. The minimum absolute atomic E-state index is 0.0509. The summed E-state index contributed by atoms with van der Waals surface area (Å²) in [4.78, 5) is 20.4. The molecule has 1 aromatic carbocycles. The molecule has 2 N–H and O–H groups in total. The third kappa shape index (κ3) is 3.22. The van der Waals surface area contributed by atoms with Gasteiger partial charge in [0.2, 0.25) is 5.91 Å². The van der Waals surface area contributed by atoms with E-state index < -0.39 is 5.91 Å². The van der Waals surface area contributed by atoms with Crippen LogP contribution in [0.25, 0.3) is 28.1 Å². The van der Waals surface area contributed by atoms with E-state index in [1.54, 1.807) is 29.2 Å². The van der Waals surface area contributed by atoms with E-state index in [4.69, 9.17) is 17.3 Å². The summed E-state index contributed by atoms with van der Waals surface area (Å²) < 4.78 is 3.56. The second-order valence-electron chi connectivity index (χ2n) is 6.65. The van der Waals surface area contributed by atoms with Gasteiger partial charge in [-0.3, -0.25) is 14.5 Å². The van der Waals surface area contributed by atoms with Crippen LogP contribution in [-0.4, -0.2) is 35.4 Å². The highest BCUT2D eigenvalue weighted by Crippen LogP contribution is 2.28. The number of carbonyl (C=O) groups excluding carboxylic acids is 1. The van der Waals surface area contributed by atoms with Crippen LogP contribution in [0.2, 0.25) is 5.02 Å². The third-order valence-corrected chi connectivity index (χ3v) is 4.52. The number of hydrogen-bond donors (Lipinski definition) is 1. The van der Waals surface area contributed by atoms with Gasteiger partial charge in [-0.05, 0) is 44.2 Å². The lowest BCUT2D eigenvalue weighted by Crippen LogP contribution is -2.14. The van der Waals surface area contributed by atoms with Gasteiger partial charge < -0.3 is 5.73 Å². The molecule has 0 unspecified atom stereocenters. The van der Waals surface area contributed by atoms with Crippen LogP contribution in [0.1, 0.15) is 25.7 Å². The Balaban J connectivity index is 1.97. The summed E-state index contributed by atoms with van der Waals surface area (Å²) in [5, 5.41) is 10.4. The fourth-order valence-electron chi connectivity index (χ4n) is 3.11. The van der Waals surface area contributed by atoms with Crippen LogP contribution in [0.3, 0.4) is 0 Å². The van der Waals surface area contributed by atoms with Crippen molar-refractivity contribution in [3.63, 3.8) is 0 Å². The minimum Gasteiger partial charge on any atom is -0.369 e. The molecule has 8 nitrogen and oxygen atoms in total. The maximum absolute atomic E-state index is 11.4. The first-order valence-electron chi connectivity index (χ1n) is 8.77. The molecular formula is C19H18ClN7O.